The molecule has 2 heteroatoms. The summed E-state index contributed by atoms with van der Waals surface area (Å²) >= 11 is 0. The van der Waals surface area contributed by atoms with Gasteiger partial charge in [-0.3, -0.25) is 4.90 Å². The molecule has 100 valence electrons. The Morgan fingerprint density at radius 2 is 1.71 bits per heavy atom. The number of piperidine rings is 1. The first kappa shape index (κ1) is 13.4. The average Bonchev–Trinajstić information content (AvgIpc) is 2.39. The summed E-state index contributed by atoms with van der Waals surface area (Å²) in [6.07, 6.45) is 9.63. The molecule has 4 unspecified atom stereocenters. The zero-order valence-electron chi connectivity index (χ0n) is 11.7. The second-order valence-electron chi connectivity index (χ2n) is 6.14. The quantitative estimate of drug-likeness (QED) is 0.819. The molecule has 1 aliphatic carbocycles. The topological polar surface area (TPSA) is 29.3 Å². The summed E-state index contributed by atoms with van der Waals surface area (Å²) in [6.45, 7) is 7.18. The van der Waals surface area contributed by atoms with E-state index in [1.54, 1.807) is 0 Å². The van der Waals surface area contributed by atoms with E-state index >= 15 is 0 Å². The van der Waals surface area contributed by atoms with Gasteiger partial charge in [0.05, 0.1) is 0 Å². The largest absolute Gasteiger partial charge is 0.327 e. The van der Waals surface area contributed by atoms with Crippen molar-refractivity contribution in [2.45, 2.75) is 70.9 Å². The van der Waals surface area contributed by atoms with Crippen LogP contribution < -0.4 is 5.73 Å². The number of likely N-dealkylation sites (tertiary alicyclic amines) is 1. The molecule has 17 heavy (non-hydrogen) atoms. The normalized spacial score (nSPS) is 40.4. The summed E-state index contributed by atoms with van der Waals surface area (Å²) in [7, 11) is 0. The van der Waals surface area contributed by atoms with Crippen LogP contribution in [0.4, 0.5) is 0 Å². The van der Waals surface area contributed by atoms with Crippen molar-refractivity contribution < 1.29 is 0 Å². The predicted molar refractivity (Wildman–Crippen MR) is 74.0 cm³/mol. The third-order valence-electron chi connectivity index (χ3n) is 5.21. The predicted octanol–water partition coefficient (Wildman–Crippen LogP) is 3.01. The van der Waals surface area contributed by atoms with Crippen molar-refractivity contribution >= 4 is 0 Å². The highest BCUT2D eigenvalue weighted by atomic mass is 15.2. The SMILES string of the molecule is CCC1CN(C2CCCCC2CC)CCC1N. The van der Waals surface area contributed by atoms with Crippen LogP contribution in [0.15, 0.2) is 0 Å². The van der Waals surface area contributed by atoms with Crippen molar-refractivity contribution in [3.63, 3.8) is 0 Å². The van der Waals surface area contributed by atoms with Gasteiger partial charge in [-0.15, -0.1) is 0 Å². The number of nitrogens with zero attached hydrogens (tertiary/aromatic N) is 1. The molecule has 1 heterocycles. The molecule has 0 spiro atoms. The van der Waals surface area contributed by atoms with Gasteiger partial charge in [0, 0.05) is 18.6 Å². The average molecular weight is 238 g/mol. The summed E-state index contributed by atoms with van der Waals surface area (Å²) in [5, 5.41) is 0. The third-order valence-corrected chi connectivity index (χ3v) is 5.21. The van der Waals surface area contributed by atoms with E-state index in [2.05, 4.69) is 18.7 Å². The van der Waals surface area contributed by atoms with Crippen LogP contribution in [0.2, 0.25) is 0 Å². The maximum Gasteiger partial charge on any atom is 0.0123 e. The van der Waals surface area contributed by atoms with E-state index in [9.17, 15) is 0 Å². The van der Waals surface area contributed by atoms with Gasteiger partial charge in [0.1, 0.15) is 0 Å². The number of rotatable bonds is 3. The van der Waals surface area contributed by atoms with Crippen molar-refractivity contribution in [2.75, 3.05) is 13.1 Å². The van der Waals surface area contributed by atoms with E-state index in [1.165, 1.54) is 58.0 Å². The van der Waals surface area contributed by atoms with Gasteiger partial charge >= 0.3 is 0 Å². The summed E-state index contributed by atoms with van der Waals surface area (Å²) in [5.74, 6) is 1.69. The summed E-state index contributed by atoms with van der Waals surface area (Å²) < 4.78 is 0. The van der Waals surface area contributed by atoms with Crippen LogP contribution in [0, 0.1) is 11.8 Å². The Bertz CT molecular complexity index is 229. The molecule has 4 atom stereocenters. The Morgan fingerprint density at radius 1 is 1.00 bits per heavy atom. The van der Waals surface area contributed by atoms with Crippen molar-refractivity contribution in [2.24, 2.45) is 17.6 Å². The molecule has 0 amide bonds. The zero-order chi connectivity index (χ0) is 12.3. The molecule has 1 saturated heterocycles. The lowest BCUT2D eigenvalue weighted by atomic mass is 9.80. The molecule has 0 bridgehead atoms. The molecule has 2 aliphatic rings. The Hall–Kier alpha value is -0.0800. The lowest BCUT2D eigenvalue weighted by Gasteiger charge is -2.45. The van der Waals surface area contributed by atoms with Crippen molar-refractivity contribution in [1.29, 1.82) is 0 Å². The van der Waals surface area contributed by atoms with Gasteiger partial charge in [-0.2, -0.15) is 0 Å². The number of hydrogen-bond acceptors (Lipinski definition) is 2. The molecular weight excluding hydrogens is 208 g/mol. The molecule has 2 N–H and O–H groups in total. The van der Waals surface area contributed by atoms with Crippen LogP contribution in [0.25, 0.3) is 0 Å². The molecule has 1 aliphatic heterocycles. The third kappa shape index (κ3) is 3.03. The van der Waals surface area contributed by atoms with Crippen molar-refractivity contribution in [3.8, 4) is 0 Å². The molecule has 0 aromatic rings. The summed E-state index contributed by atoms with van der Waals surface area (Å²) in [4.78, 5) is 2.78. The number of nitrogens with two attached hydrogens (primary N) is 1. The standard InChI is InChI=1S/C15H30N2/c1-3-12-7-5-6-8-15(12)17-10-9-14(16)13(4-2)11-17/h12-15H,3-11,16H2,1-2H3. The second-order valence-corrected chi connectivity index (χ2v) is 6.14. The molecular formula is C15H30N2. The van der Waals surface area contributed by atoms with Crippen LogP contribution in [0.3, 0.4) is 0 Å². The first-order valence-corrected chi connectivity index (χ1v) is 7.75. The highest BCUT2D eigenvalue weighted by Crippen LogP contribution is 2.33. The summed E-state index contributed by atoms with van der Waals surface area (Å²) in [6, 6.07) is 1.33. The van der Waals surface area contributed by atoms with Crippen LogP contribution in [-0.4, -0.2) is 30.1 Å². The van der Waals surface area contributed by atoms with Gasteiger partial charge in [-0.25, -0.2) is 0 Å². The minimum atomic E-state index is 0.458. The Balaban J connectivity index is 1.96. The van der Waals surface area contributed by atoms with E-state index in [1.807, 2.05) is 0 Å². The van der Waals surface area contributed by atoms with Crippen LogP contribution in [-0.2, 0) is 0 Å². The first-order valence-electron chi connectivity index (χ1n) is 7.75. The first-order chi connectivity index (χ1) is 8.26. The van der Waals surface area contributed by atoms with Gasteiger partial charge in [0.25, 0.3) is 0 Å². The lowest BCUT2D eigenvalue weighted by Crippen LogP contribution is -2.53. The smallest absolute Gasteiger partial charge is 0.0123 e. The fourth-order valence-corrected chi connectivity index (χ4v) is 3.96. The molecule has 0 radical (unpaired) electrons. The van der Waals surface area contributed by atoms with Crippen LogP contribution in [0.1, 0.15) is 58.8 Å². The maximum atomic E-state index is 6.22. The lowest BCUT2D eigenvalue weighted by molar-refractivity contribution is 0.0510. The maximum absolute atomic E-state index is 6.22. The molecule has 0 aromatic carbocycles. The van der Waals surface area contributed by atoms with Crippen molar-refractivity contribution in [3.05, 3.63) is 0 Å². The monoisotopic (exact) mass is 238 g/mol. The van der Waals surface area contributed by atoms with Gasteiger partial charge in [-0.1, -0.05) is 39.5 Å². The van der Waals surface area contributed by atoms with E-state index in [-0.39, 0.29) is 0 Å². The van der Waals surface area contributed by atoms with Gasteiger partial charge in [0.15, 0.2) is 0 Å². The fraction of sp³-hybridized carbons (Fsp3) is 1.00. The minimum absolute atomic E-state index is 0.458. The Morgan fingerprint density at radius 3 is 2.41 bits per heavy atom. The van der Waals surface area contributed by atoms with E-state index < -0.39 is 0 Å². The van der Waals surface area contributed by atoms with E-state index in [0.29, 0.717) is 6.04 Å². The Kier molecular flexibility index (Phi) is 4.87. The molecule has 2 nitrogen and oxygen atoms in total. The molecule has 2 fully saturated rings. The highest BCUT2D eigenvalue weighted by molar-refractivity contribution is 4.89. The summed E-state index contributed by atoms with van der Waals surface area (Å²) in [5.41, 5.74) is 6.22. The molecule has 1 saturated carbocycles. The molecule has 0 aromatic heterocycles. The number of hydrogen-bond donors (Lipinski definition) is 1. The molecule has 2 rings (SSSR count). The highest BCUT2D eigenvalue weighted by Gasteiger charge is 2.33. The van der Waals surface area contributed by atoms with Gasteiger partial charge < -0.3 is 5.73 Å². The van der Waals surface area contributed by atoms with Crippen LogP contribution >= 0.6 is 0 Å². The Labute approximate surface area is 107 Å². The van der Waals surface area contributed by atoms with E-state index in [4.69, 9.17) is 5.73 Å². The van der Waals surface area contributed by atoms with Crippen LogP contribution in [0.5, 0.6) is 0 Å². The van der Waals surface area contributed by atoms with E-state index in [0.717, 1.165) is 17.9 Å². The second kappa shape index (κ2) is 6.19. The van der Waals surface area contributed by atoms with Gasteiger partial charge in [0.2, 0.25) is 0 Å². The fourth-order valence-electron chi connectivity index (χ4n) is 3.96. The van der Waals surface area contributed by atoms with Crippen molar-refractivity contribution in [1.82, 2.24) is 4.90 Å². The van der Waals surface area contributed by atoms with Gasteiger partial charge in [-0.05, 0) is 37.6 Å². The zero-order valence-corrected chi connectivity index (χ0v) is 11.7. The minimum Gasteiger partial charge on any atom is -0.327 e.